The molecule has 1 saturated heterocycles. The third-order valence-electron chi connectivity index (χ3n) is 4.95. The molecule has 8 heteroatoms. The number of tetrazole rings is 1. The minimum absolute atomic E-state index is 0.119. The van der Waals surface area contributed by atoms with Crippen molar-refractivity contribution in [2.75, 3.05) is 31.1 Å². The molecule has 1 amide bonds. The molecule has 3 aromatic rings. The highest BCUT2D eigenvalue weighted by molar-refractivity contribution is 5.79. The molecule has 7 nitrogen and oxygen atoms in total. The minimum Gasteiger partial charge on any atom is -0.370 e. The van der Waals surface area contributed by atoms with E-state index in [0.717, 1.165) is 42.9 Å². The average Bonchev–Trinajstić information content (AvgIpc) is 3.14. The molecule has 28 heavy (non-hydrogen) atoms. The highest BCUT2D eigenvalue weighted by Crippen LogP contribution is 2.18. The summed E-state index contributed by atoms with van der Waals surface area (Å²) >= 11 is 0. The first-order valence-corrected chi connectivity index (χ1v) is 9.30. The summed E-state index contributed by atoms with van der Waals surface area (Å²) in [7, 11) is 0. The van der Waals surface area contributed by atoms with Crippen molar-refractivity contribution in [2.24, 2.45) is 0 Å². The summed E-state index contributed by atoms with van der Waals surface area (Å²) in [5.41, 5.74) is 2.80. The number of rotatable bonds is 4. The van der Waals surface area contributed by atoms with Crippen molar-refractivity contribution in [3.63, 3.8) is 0 Å². The third kappa shape index (κ3) is 4.16. The number of halogens is 1. The van der Waals surface area contributed by atoms with E-state index in [1.54, 1.807) is 12.1 Å². The van der Waals surface area contributed by atoms with E-state index in [1.807, 2.05) is 29.2 Å². The molecule has 4 rings (SSSR count). The molecule has 0 spiro atoms. The van der Waals surface area contributed by atoms with Crippen LogP contribution in [0.5, 0.6) is 0 Å². The number of H-pyrrole nitrogens is 1. The Kier molecular flexibility index (Phi) is 5.27. The molecule has 2 heterocycles. The second-order valence-corrected chi connectivity index (χ2v) is 6.81. The Morgan fingerprint density at radius 2 is 1.79 bits per heavy atom. The van der Waals surface area contributed by atoms with E-state index >= 15 is 0 Å². The predicted molar refractivity (Wildman–Crippen MR) is 103 cm³/mol. The van der Waals surface area contributed by atoms with Crippen LogP contribution >= 0.6 is 0 Å². The predicted octanol–water partition coefficient (Wildman–Crippen LogP) is 2.29. The number of hydrogen-bond acceptors (Lipinski definition) is 5. The number of amides is 1. The van der Waals surface area contributed by atoms with Crippen molar-refractivity contribution in [2.45, 2.75) is 12.8 Å². The monoisotopic (exact) mass is 380 g/mol. The fourth-order valence-corrected chi connectivity index (χ4v) is 3.42. The van der Waals surface area contributed by atoms with Gasteiger partial charge in [-0.3, -0.25) is 4.79 Å². The van der Waals surface area contributed by atoms with Crippen molar-refractivity contribution < 1.29 is 9.18 Å². The van der Waals surface area contributed by atoms with Gasteiger partial charge in [0.1, 0.15) is 5.82 Å². The highest BCUT2D eigenvalue weighted by Gasteiger charge is 2.19. The first-order chi connectivity index (χ1) is 13.7. The molecule has 2 aromatic carbocycles. The van der Waals surface area contributed by atoms with Crippen molar-refractivity contribution in [1.82, 2.24) is 25.5 Å². The molecule has 144 valence electrons. The Morgan fingerprint density at radius 1 is 1.00 bits per heavy atom. The normalized spacial score (nSPS) is 14.8. The Balaban J connectivity index is 1.35. The molecule has 0 unspecified atom stereocenters. The maximum Gasteiger partial charge on any atom is 0.227 e. The molecule has 1 fully saturated rings. The van der Waals surface area contributed by atoms with Gasteiger partial charge in [-0.15, -0.1) is 10.2 Å². The van der Waals surface area contributed by atoms with Gasteiger partial charge in [0.2, 0.25) is 11.7 Å². The van der Waals surface area contributed by atoms with Crippen LogP contribution in [0.4, 0.5) is 10.1 Å². The number of carbonyl (C=O) groups excluding carboxylic acids is 1. The molecular weight excluding hydrogens is 359 g/mol. The van der Waals surface area contributed by atoms with Crippen molar-refractivity contribution in [3.8, 4) is 11.4 Å². The molecular formula is C20H21FN6O. The Hall–Kier alpha value is -3.29. The van der Waals surface area contributed by atoms with Gasteiger partial charge in [0.15, 0.2) is 0 Å². The fourth-order valence-electron chi connectivity index (χ4n) is 3.42. The molecule has 0 aliphatic carbocycles. The lowest BCUT2D eigenvalue weighted by Gasteiger charge is -2.23. The molecule has 1 aromatic heterocycles. The second kappa shape index (κ2) is 8.16. The van der Waals surface area contributed by atoms with E-state index in [1.165, 1.54) is 12.1 Å². The van der Waals surface area contributed by atoms with E-state index in [0.29, 0.717) is 18.8 Å². The number of nitrogens with one attached hydrogen (secondary N) is 1. The van der Waals surface area contributed by atoms with Crippen LogP contribution < -0.4 is 4.90 Å². The Morgan fingerprint density at radius 3 is 2.50 bits per heavy atom. The summed E-state index contributed by atoms with van der Waals surface area (Å²) < 4.78 is 13.1. The summed E-state index contributed by atoms with van der Waals surface area (Å²) in [6.45, 7) is 3.00. The van der Waals surface area contributed by atoms with Crippen LogP contribution in [0.25, 0.3) is 11.4 Å². The number of aromatic amines is 1. The van der Waals surface area contributed by atoms with Crippen molar-refractivity contribution >= 4 is 11.6 Å². The zero-order valence-electron chi connectivity index (χ0n) is 15.4. The molecule has 1 N–H and O–H groups in total. The molecule has 1 aliphatic rings. The van der Waals surface area contributed by atoms with Crippen LogP contribution in [-0.2, 0) is 11.2 Å². The summed E-state index contributed by atoms with van der Waals surface area (Å²) in [5.74, 6) is 0.417. The molecule has 0 atom stereocenters. The lowest BCUT2D eigenvalue weighted by atomic mass is 10.1. The van der Waals surface area contributed by atoms with Gasteiger partial charge in [-0.25, -0.2) is 4.39 Å². The minimum atomic E-state index is -0.235. The molecule has 0 bridgehead atoms. The number of nitrogens with zero attached hydrogens (tertiary/aromatic N) is 5. The number of aromatic nitrogens is 4. The topological polar surface area (TPSA) is 78.0 Å². The van der Waals surface area contributed by atoms with Crippen molar-refractivity contribution in [1.29, 1.82) is 0 Å². The first-order valence-electron chi connectivity index (χ1n) is 9.30. The van der Waals surface area contributed by atoms with Gasteiger partial charge in [-0.1, -0.05) is 24.3 Å². The second-order valence-electron chi connectivity index (χ2n) is 6.81. The van der Waals surface area contributed by atoms with E-state index in [4.69, 9.17) is 0 Å². The van der Waals surface area contributed by atoms with Gasteiger partial charge in [-0.05, 0) is 41.5 Å². The SMILES string of the molecule is O=C(Cc1ccc(-c2nn[nH]n2)cc1)N1CCCN(c2ccc(F)cc2)CC1. The van der Waals surface area contributed by atoms with Crippen LogP contribution in [0.15, 0.2) is 48.5 Å². The van der Waals surface area contributed by atoms with Gasteiger partial charge in [-0.2, -0.15) is 5.21 Å². The summed E-state index contributed by atoms with van der Waals surface area (Å²) in [4.78, 5) is 16.9. The van der Waals surface area contributed by atoms with Gasteiger partial charge < -0.3 is 9.80 Å². The smallest absolute Gasteiger partial charge is 0.227 e. The van der Waals surface area contributed by atoms with Crippen LogP contribution in [0.2, 0.25) is 0 Å². The summed E-state index contributed by atoms with van der Waals surface area (Å²) in [6, 6.07) is 14.2. The summed E-state index contributed by atoms with van der Waals surface area (Å²) in [5, 5.41) is 13.9. The number of anilines is 1. The van der Waals surface area contributed by atoms with Gasteiger partial charge in [0.05, 0.1) is 6.42 Å². The van der Waals surface area contributed by atoms with E-state index < -0.39 is 0 Å². The standard InChI is InChI=1S/C20H21FN6O/c21-17-6-8-18(9-7-17)26-10-1-11-27(13-12-26)19(28)14-15-2-4-16(5-3-15)20-22-24-25-23-20/h2-9H,1,10-14H2,(H,22,23,24,25). The zero-order valence-corrected chi connectivity index (χ0v) is 15.4. The maximum atomic E-state index is 13.1. The number of carbonyl (C=O) groups is 1. The Labute approximate surface area is 162 Å². The lowest BCUT2D eigenvalue weighted by molar-refractivity contribution is -0.130. The molecule has 0 radical (unpaired) electrons. The highest BCUT2D eigenvalue weighted by atomic mass is 19.1. The summed E-state index contributed by atoms with van der Waals surface area (Å²) in [6.07, 6.45) is 1.25. The first kappa shape index (κ1) is 18.1. The quantitative estimate of drug-likeness (QED) is 0.751. The number of hydrogen-bond donors (Lipinski definition) is 1. The average molecular weight is 380 g/mol. The third-order valence-corrected chi connectivity index (χ3v) is 4.95. The van der Waals surface area contributed by atoms with Crippen LogP contribution in [0.1, 0.15) is 12.0 Å². The van der Waals surface area contributed by atoms with Crippen LogP contribution in [0.3, 0.4) is 0 Å². The van der Waals surface area contributed by atoms with E-state index in [9.17, 15) is 9.18 Å². The van der Waals surface area contributed by atoms with Crippen LogP contribution in [-0.4, -0.2) is 57.6 Å². The largest absolute Gasteiger partial charge is 0.370 e. The van der Waals surface area contributed by atoms with E-state index in [2.05, 4.69) is 25.5 Å². The van der Waals surface area contributed by atoms with Gasteiger partial charge in [0.25, 0.3) is 0 Å². The molecule has 0 saturated carbocycles. The van der Waals surface area contributed by atoms with Crippen LogP contribution in [0, 0.1) is 5.82 Å². The van der Waals surface area contributed by atoms with Crippen molar-refractivity contribution in [3.05, 3.63) is 59.9 Å². The number of benzene rings is 2. The van der Waals surface area contributed by atoms with E-state index in [-0.39, 0.29) is 11.7 Å². The Bertz CT molecular complexity index is 911. The fraction of sp³-hybridized carbons (Fsp3) is 0.300. The zero-order chi connectivity index (χ0) is 19.3. The lowest BCUT2D eigenvalue weighted by Crippen LogP contribution is -2.36. The van der Waals surface area contributed by atoms with Gasteiger partial charge >= 0.3 is 0 Å². The van der Waals surface area contributed by atoms with Gasteiger partial charge in [0, 0.05) is 37.4 Å². The molecule has 1 aliphatic heterocycles. The maximum absolute atomic E-state index is 13.1.